The van der Waals surface area contributed by atoms with Crippen LogP contribution in [0.3, 0.4) is 0 Å². The molecule has 2 rings (SSSR count). The van der Waals surface area contributed by atoms with Gasteiger partial charge in [-0.15, -0.1) is 5.10 Å². The SMILES string of the molecule is CCC(CC(=O)O)n1nnnc1CCC1CCCO1. The van der Waals surface area contributed by atoms with Crippen molar-refractivity contribution in [3.63, 3.8) is 0 Å². The van der Waals surface area contributed by atoms with Gasteiger partial charge in [0.1, 0.15) is 0 Å². The Kier molecular flexibility index (Phi) is 4.84. The number of carbonyl (C=O) groups is 1. The average Bonchev–Trinajstić information content (AvgIpc) is 3.04. The van der Waals surface area contributed by atoms with Crippen LogP contribution in [-0.2, 0) is 16.0 Å². The van der Waals surface area contributed by atoms with Gasteiger partial charge in [0, 0.05) is 13.0 Å². The van der Waals surface area contributed by atoms with Gasteiger partial charge in [0.25, 0.3) is 0 Å². The fraction of sp³-hybridized carbons (Fsp3) is 0.833. The molecule has 1 N–H and O–H groups in total. The quantitative estimate of drug-likeness (QED) is 0.799. The van der Waals surface area contributed by atoms with Crippen LogP contribution in [0.15, 0.2) is 0 Å². The molecular weight excluding hydrogens is 248 g/mol. The summed E-state index contributed by atoms with van der Waals surface area (Å²) in [6, 6.07) is -0.174. The lowest BCUT2D eigenvalue weighted by molar-refractivity contribution is -0.138. The van der Waals surface area contributed by atoms with E-state index >= 15 is 0 Å². The Morgan fingerprint density at radius 2 is 2.47 bits per heavy atom. The molecule has 0 spiro atoms. The van der Waals surface area contributed by atoms with Crippen LogP contribution in [0.5, 0.6) is 0 Å². The number of hydrogen-bond acceptors (Lipinski definition) is 5. The van der Waals surface area contributed by atoms with Crippen LogP contribution < -0.4 is 0 Å². The molecule has 1 aromatic heterocycles. The summed E-state index contributed by atoms with van der Waals surface area (Å²) in [6.07, 6.45) is 4.88. The van der Waals surface area contributed by atoms with Crippen LogP contribution >= 0.6 is 0 Å². The maximum Gasteiger partial charge on any atom is 0.305 e. The minimum atomic E-state index is -0.826. The van der Waals surface area contributed by atoms with Gasteiger partial charge in [-0.1, -0.05) is 6.92 Å². The number of rotatable bonds is 7. The molecule has 1 saturated heterocycles. The number of ether oxygens (including phenoxy) is 1. The number of nitrogens with zero attached hydrogens (tertiary/aromatic N) is 4. The summed E-state index contributed by atoms with van der Waals surface area (Å²) >= 11 is 0. The van der Waals surface area contributed by atoms with E-state index in [0.29, 0.717) is 12.5 Å². The number of carboxylic acids is 1. The van der Waals surface area contributed by atoms with Crippen molar-refractivity contribution < 1.29 is 14.6 Å². The minimum Gasteiger partial charge on any atom is -0.481 e. The first-order valence-electron chi connectivity index (χ1n) is 6.80. The van der Waals surface area contributed by atoms with Crippen molar-refractivity contribution in [2.75, 3.05) is 6.61 Å². The van der Waals surface area contributed by atoms with Crippen molar-refractivity contribution in [3.05, 3.63) is 5.82 Å². The van der Waals surface area contributed by atoms with Crippen LogP contribution in [0.4, 0.5) is 0 Å². The maximum absolute atomic E-state index is 10.8. The predicted molar refractivity (Wildman–Crippen MR) is 66.7 cm³/mol. The van der Waals surface area contributed by atoms with E-state index in [9.17, 15) is 4.79 Å². The highest BCUT2D eigenvalue weighted by Gasteiger charge is 2.21. The van der Waals surface area contributed by atoms with E-state index in [1.165, 1.54) is 0 Å². The smallest absolute Gasteiger partial charge is 0.305 e. The van der Waals surface area contributed by atoms with Gasteiger partial charge >= 0.3 is 5.97 Å². The zero-order chi connectivity index (χ0) is 13.7. The van der Waals surface area contributed by atoms with Gasteiger partial charge in [-0.05, 0) is 36.1 Å². The molecule has 1 fully saturated rings. The molecule has 106 valence electrons. The third-order valence-corrected chi connectivity index (χ3v) is 3.50. The number of tetrazole rings is 1. The molecular formula is C12H20N4O3. The fourth-order valence-corrected chi connectivity index (χ4v) is 2.43. The van der Waals surface area contributed by atoms with Crippen molar-refractivity contribution in [2.45, 2.75) is 57.6 Å². The van der Waals surface area contributed by atoms with E-state index in [4.69, 9.17) is 9.84 Å². The van der Waals surface area contributed by atoms with Crippen molar-refractivity contribution in [1.29, 1.82) is 0 Å². The molecule has 0 aliphatic carbocycles. The van der Waals surface area contributed by atoms with Crippen molar-refractivity contribution in [3.8, 4) is 0 Å². The Labute approximate surface area is 111 Å². The Morgan fingerprint density at radius 3 is 3.11 bits per heavy atom. The number of hydrogen-bond donors (Lipinski definition) is 1. The van der Waals surface area contributed by atoms with Crippen LogP contribution in [-0.4, -0.2) is 44.0 Å². The van der Waals surface area contributed by atoms with E-state index in [1.54, 1.807) is 4.68 Å². The molecule has 2 unspecified atom stereocenters. The predicted octanol–water partition coefficient (Wildman–Crippen LogP) is 1.21. The minimum absolute atomic E-state index is 0.0501. The Morgan fingerprint density at radius 1 is 1.63 bits per heavy atom. The second-order valence-corrected chi connectivity index (χ2v) is 4.87. The monoisotopic (exact) mass is 268 g/mol. The highest BCUT2D eigenvalue weighted by atomic mass is 16.5. The Hall–Kier alpha value is -1.50. The summed E-state index contributed by atoms with van der Waals surface area (Å²) in [7, 11) is 0. The first-order chi connectivity index (χ1) is 9.20. The maximum atomic E-state index is 10.8. The van der Waals surface area contributed by atoms with Crippen LogP contribution in [0.2, 0.25) is 0 Å². The molecule has 0 amide bonds. The van der Waals surface area contributed by atoms with Crippen molar-refractivity contribution in [1.82, 2.24) is 20.2 Å². The molecule has 7 nitrogen and oxygen atoms in total. The molecule has 0 aromatic carbocycles. The van der Waals surface area contributed by atoms with E-state index in [2.05, 4.69) is 15.5 Å². The molecule has 7 heteroatoms. The first-order valence-corrected chi connectivity index (χ1v) is 6.80. The van der Waals surface area contributed by atoms with Crippen molar-refractivity contribution in [2.24, 2.45) is 0 Å². The number of aryl methyl sites for hydroxylation is 1. The molecule has 2 heterocycles. The summed E-state index contributed by atoms with van der Waals surface area (Å²) < 4.78 is 7.23. The molecule has 2 atom stereocenters. The molecule has 1 aromatic rings. The molecule has 0 saturated carbocycles. The zero-order valence-corrected chi connectivity index (χ0v) is 11.2. The first kappa shape index (κ1) is 13.9. The van der Waals surface area contributed by atoms with E-state index in [-0.39, 0.29) is 12.5 Å². The van der Waals surface area contributed by atoms with Gasteiger partial charge in [0.05, 0.1) is 18.6 Å². The molecule has 19 heavy (non-hydrogen) atoms. The second kappa shape index (κ2) is 6.60. The fourth-order valence-electron chi connectivity index (χ4n) is 2.43. The lowest BCUT2D eigenvalue weighted by atomic mass is 10.1. The highest BCUT2D eigenvalue weighted by molar-refractivity contribution is 5.67. The Bertz CT molecular complexity index is 415. The van der Waals surface area contributed by atoms with Gasteiger partial charge < -0.3 is 9.84 Å². The molecule has 1 aliphatic rings. The van der Waals surface area contributed by atoms with E-state index in [1.807, 2.05) is 6.92 Å². The summed E-state index contributed by atoms with van der Waals surface area (Å²) in [5.74, 6) is -0.0731. The average molecular weight is 268 g/mol. The van der Waals surface area contributed by atoms with Crippen LogP contribution in [0.1, 0.15) is 50.9 Å². The zero-order valence-electron chi connectivity index (χ0n) is 11.2. The normalized spacial score (nSPS) is 20.6. The van der Waals surface area contributed by atoms with Gasteiger partial charge in [-0.2, -0.15) is 0 Å². The topological polar surface area (TPSA) is 90.1 Å². The van der Waals surface area contributed by atoms with Crippen molar-refractivity contribution >= 4 is 5.97 Å². The molecule has 1 aliphatic heterocycles. The lowest BCUT2D eigenvalue weighted by Gasteiger charge is -2.15. The van der Waals surface area contributed by atoms with Gasteiger partial charge in [0.2, 0.25) is 0 Å². The van der Waals surface area contributed by atoms with Crippen LogP contribution in [0.25, 0.3) is 0 Å². The van der Waals surface area contributed by atoms with Gasteiger partial charge in [-0.25, -0.2) is 4.68 Å². The standard InChI is InChI=1S/C12H20N4O3/c1-2-9(8-12(17)18)16-11(13-14-15-16)6-5-10-4-3-7-19-10/h9-10H,2-8H2,1H3,(H,17,18). The number of aromatic nitrogens is 4. The van der Waals surface area contributed by atoms with E-state index in [0.717, 1.165) is 38.1 Å². The Balaban J connectivity index is 1.96. The molecule has 0 bridgehead atoms. The van der Waals surface area contributed by atoms with Gasteiger partial charge in [0.15, 0.2) is 5.82 Å². The lowest BCUT2D eigenvalue weighted by Crippen LogP contribution is -2.18. The number of carboxylic acid groups (broad SMARTS) is 1. The number of aliphatic carboxylic acids is 1. The summed E-state index contributed by atoms with van der Waals surface area (Å²) in [5.41, 5.74) is 0. The van der Waals surface area contributed by atoms with E-state index < -0.39 is 5.97 Å². The third kappa shape index (κ3) is 3.73. The largest absolute Gasteiger partial charge is 0.481 e. The summed E-state index contributed by atoms with van der Waals surface area (Å²) in [4.78, 5) is 10.8. The summed E-state index contributed by atoms with van der Waals surface area (Å²) in [6.45, 7) is 2.78. The van der Waals surface area contributed by atoms with Gasteiger partial charge in [-0.3, -0.25) is 4.79 Å². The third-order valence-electron chi connectivity index (χ3n) is 3.50. The highest BCUT2D eigenvalue weighted by Crippen LogP contribution is 2.20. The molecule has 0 radical (unpaired) electrons. The second-order valence-electron chi connectivity index (χ2n) is 4.87. The van der Waals surface area contributed by atoms with Crippen LogP contribution in [0, 0.1) is 0 Å². The summed E-state index contributed by atoms with van der Waals surface area (Å²) in [5, 5.41) is 20.5.